The maximum absolute atomic E-state index is 12.9. The fraction of sp³-hybridized carbons (Fsp3) is 0.500. The average molecular weight is 226 g/mol. The van der Waals surface area contributed by atoms with Crippen molar-refractivity contribution in [3.05, 3.63) is 35.1 Å². The molecule has 1 saturated heterocycles. The van der Waals surface area contributed by atoms with Gasteiger partial charge in [-0.15, -0.1) is 0 Å². The molecule has 0 spiro atoms. The third-order valence-corrected chi connectivity index (χ3v) is 4.15. The summed E-state index contributed by atoms with van der Waals surface area (Å²) < 4.78 is 12.9. The van der Waals surface area contributed by atoms with Gasteiger partial charge < -0.3 is 5.11 Å². The zero-order chi connectivity index (χ0) is 10.8. The molecule has 1 aliphatic rings. The molecule has 0 radical (unpaired) electrons. The van der Waals surface area contributed by atoms with Crippen molar-refractivity contribution >= 4 is 11.8 Å². The average Bonchev–Trinajstić information content (AvgIpc) is 2.69. The topological polar surface area (TPSA) is 20.2 Å². The Kier molecular flexibility index (Phi) is 3.32. The van der Waals surface area contributed by atoms with Gasteiger partial charge in [-0.25, -0.2) is 4.39 Å². The quantitative estimate of drug-likeness (QED) is 0.836. The monoisotopic (exact) mass is 226 g/mol. The molecule has 1 fully saturated rings. The molecule has 0 saturated carbocycles. The SMILES string of the molecule is Cc1cc(F)ccc1C(O)C1CCSC1. The van der Waals surface area contributed by atoms with Gasteiger partial charge in [0.05, 0.1) is 6.10 Å². The Morgan fingerprint density at radius 2 is 2.33 bits per heavy atom. The van der Waals surface area contributed by atoms with Crippen LogP contribution < -0.4 is 0 Å². The molecule has 1 N–H and O–H groups in total. The van der Waals surface area contributed by atoms with E-state index in [1.807, 2.05) is 18.7 Å². The minimum Gasteiger partial charge on any atom is -0.388 e. The van der Waals surface area contributed by atoms with Gasteiger partial charge in [0.1, 0.15) is 5.82 Å². The van der Waals surface area contributed by atoms with E-state index in [-0.39, 0.29) is 5.82 Å². The van der Waals surface area contributed by atoms with Crippen LogP contribution in [0.2, 0.25) is 0 Å². The van der Waals surface area contributed by atoms with Gasteiger partial charge in [-0.05, 0) is 54.0 Å². The Labute approximate surface area is 93.7 Å². The number of halogens is 1. The number of aryl methyl sites for hydroxylation is 1. The summed E-state index contributed by atoms with van der Waals surface area (Å²) in [6.07, 6.45) is 0.628. The van der Waals surface area contributed by atoms with Gasteiger partial charge in [0.15, 0.2) is 0 Å². The molecule has 0 bridgehead atoms. The molecule has 3 heteroatoms. The van der Waals surface area contributed by atoms with Gasteiger partial charge in [-0.2, -0.15) is 11.8 Å². The van der Waals surface area contributed by atoms with Crippen LogP contribution in [0.15, 0.2) is 18.2 Å². The molecule has 1 aromatic carbocycles. The lowest BCUT2D eigenvalue weighted by atomic mass is 9.92. The van der Waals surface area contributed by atoms with Crippen LogP contribution in [0.1, 0.15) is 23.7 Å². The summed E-state index contributed by atoms with van der Waals surface area (Å²) in [4.78, 5) is 0. The molecule has 1 aliphatic heterocycles. The van der Waals surface area contributed by atoms with E-state index in [0.29, 0.717) is 5.92 Å². The first-order chi connectivity index (χ1) is 7.18. The van der Waals surface area contributed by atoms with Crippen molar-refractivity contribution in [2.24, 2.45) is 5.92 Å². The normalized spacial score (nSPS) is 23.0. The first kappa shape index (κ1) is 11.0. The Hall–Kier alpha value is -0.540. The standard InChI is InChI=1S/C12H15FOS/c1-8-6-10(13)2-3-11(8)12(14)9-4-5-15-7-9/h2-3,6,9,12,14H,4-5,7H2,1H3. The van der Waals surface area contributed by atoms with Crippen molar-refractivity contribution in [1.29, 1.82) is 0 Å². The summed E-state index contributed by atoms with van der Waals surface area (Å²) in [5.41, 5.74) is 1.73. The lowest BCUT2D eigenvalue weighted by Gasteiger charge is -2.19. The fourth-order valence-corrected chi connectivity index (χ4v) is 3.31. The van der Waals surface area contributed by atoms with Crippen molar-refractivity contribution in [1.82, 2.24) is 0 Å². The molecule has 2 atom stereocenters. The maximum Gasteiger partial charge on any atom is 0.123 e. The third-order valence-electron chi connectivity index (χ3n) is 2.96. The van der Waals surface area contributed by atoms with Crippen molar-refractivity contribution in [2.45, 2.75) is 19.4 Å². The summed E-state index contributed by atoms with van der Waals surface area (Å²) >= 11 is 1.88. The van der Waals surface area contributed by atoms with Crippen LogP contribution in [0.3, 0.4) is 0 Å². The van der Waals surface area contributed by atoms with Gasteiger partial charge >= 0.3 is 0 Å². The summed E-state index contributed by atoms with van der Waals surface area (Å²) in [7, 11) is 0. The zero-order valence-electron chi connectivity index (χ0n) is 8.74. The summed E-state index contributed by atoms with van der Waals surface area (Å²) in [5.74, 6) is 2.24. The van der Waals surface area contributed by atoms with Crippen LogP contribution in [-0.2, 0) is 0 Å². The minimum atomic E-state index is -0.430. The summed E-state index contributed by atoms with van der Waals surface area (Å²) in [5, 5.41) is 10.2. The number of aliphatic hydroxyl groups excluding tert-OH is 1. The Morgan fingerprint density at radius 3 is 2.93 bits per heavy atom. The highest BCUT2D eigenvalue weighted by atomic mass is 32.2. The number of thioether (sulfide) groups is 1. The Bertz CT molecular complexity index is 347. The van der Waals surface area contributed by atoms with E-state index in [0.717, 1.165) is 29.1 Å². The molecule has 82 valence electrons. The summed E-state index contributed by atoms with van der Waals surface area (Å²) in [6, 6.07) is 4.62. The minimum absolute atomic E-state index is 0.232. The lowest BCUT2D eigenvalue weighted by Crippen LogP contribution is -2.13. The van der Waals surface area contributed by atoms with Gasteiger partial charge in [-0.1, -0.05) is 6.07 Å². The molecule has 1 nitrogen and oxygen atoms in total. The number of hydrogen-bond acceptors (Lipinski definition) is 2. The predicted molar refractivity (Wildman–Crippen MR) is 61.5 cm³/mol. The third kappa shape index (κ3) is 2.34. The molecular weight excluding hydrogens is 211 g/mol. The molecule has 2 rings (SSSR count). The molecule has 0 aromatic heterocycles. The first-order valence-electron chi connectivity index (χ1n) is 5.20. The van der Waals surface area contributed by atoms with Crippen molar-refractivity contribution < 1.29 is 9.50 Å². The molecule has 15 heavy (non-hydrogen) atoms. The van der Waals surface area contributed by atoms with Crippen molar-refractivity contribution in [2.75, 3.05) is 11.5 Å². The maximum atomic E-state index is 12.9. The Morgan fingerprint density at radius 1 is 1.53 bits per heavy atom. The number of benzene rings is 1. The highest BCUT2D eigenvalue weighted by Crippen LogP contribution is 2.35. The van der Waals surface area contributed by atoms with E-state index >= 15 is 0 Å². The van der Waals surface area contributed by atoms with E-state index in [9.17, 15) is 9.50 Å². The van der Waals surface area contributed by atoms with E-state index in [4.69, 9.17) is 0 Å². The number of rotatable bonds is 2. The highest BCUT2D eigenvalue weighted by Gasteiger charge is 2.25. The van der Waals surface area contributed by atoms with Gasteiger partial charge in [0, 0.05) is 0 Å². The molecule has 2 unspecified atom stereocenters. The van der Waals surface area contributed by atoms with Gasteiger partial charge in [-0.3, -0.25) is 0 Å². The van der Waals surface area contributed by atoms with Crippen LogP contribution in [0.5, 0.6) is 0 Å². The Balaban J connectivity index is 2.20. The lowest BCUT2D eigenvalue weighted by molar-refractivity contribution is 0.120. The van der Waals surface area contributed by atoms with E-state index < -0.39 is 6.10 Å². The molecular formula is C12H15FOS. The van der Waals surface area contributed by atoms with Crippen LogP contribution >= 0.6 is 11.8 Å². The number of hydrogen-bond donors (Lipinski definition) is 1. The summed E-state index contributed by atoms with van der Waals surface area (Å²) in [6.45, 7) is 1.85. The largest absolute Gasteiger partial charge is 0.388 e. The van der Waals surface area contributed by atoms with E-state index in [2.05, 4.69) is 0 Å². The molecule has 0 aliphatic carbocycles. The van der Waals surface area contributed by atoms with Crippen molar-refractivity contribution in [3.8, 4) is 0 Å². The van der Waals surface area contributed by atoms with Gasteiger partial charge in [0.25, 0.3) is 0 Å². The molecule has 1 heterocycles. The van der Waals surface area contributed by atoms with Crippen LogP contribution in [0.4, 0.5) is 4.39 Å². The van der Waals surface area contributed by atoms with E-state index in [1.165, 1.54) is 12.1 Å². The smallest absolute Gasteiger partial charge is 0.123 e. The van der Waals surface area contributed by atoms with Gasteiger partial charge in [0.2, 0.25) is 0 Å². The second-order valence-corrected chi connectivity index (χ2v) is 5.22. The molecule has 0 amide bonds. The highest BCUT2D eigenvalue weighted by molar-refractivity contribution is 7.99. The predicted octanol–water partition coefficient (Wildman–Crippen LogP) is 2.92. The fourth-order valence-electron chi connectivity index (χ4n) is 2.03. The second-order valence-electron chi connectivity index (χ2n) is 4.07. The first-order valence-corrected chi connectivity index (χ1v) is 6.36. The van der Waals surface area contributed by atoms with Crippen molar-refractivity contribution in [3.63, 3.8) is 0 Å². The second kappa shape index (κ2) is 4.54. The zero-order valence-corrected chi connectivity index (χ0v) is 9.56. The number of aliphatic hydroxyl groups is 1. The molecule has 1 aromatic rings. The van der Waals surface area contributed by atoms with Crippen LogP contribution in [0.25, 0.3) is 0 Å². The van der Waals surface area contributed by atoms with E-state index in [1.54, 1.807) is 6.07 Å². The van der Waals surface area contributed by atoms with Crippen LogP contribution in [-0.4, -0.2) is 16.6 Å². The van der Waals surface area contributed by atoms with Crippen LogP contribution in [0, 0.1) is 18.7 Å².